The molecule has 0 saturated carbocycles. The van der Waals surface area contributed by atoms with Gasteiger partial charge in [0.25, 0.3) is 0 Å². The van der Waals surface area contributed by atoms with Crippen molar-refractivity contribution in [1.82, 2.24) is 0 Å². The summed E-state index contributed by atoms with van der Waals surface area (Å²) in [6.45, 7) is 1.96. The molecule has 0 unspecified atom stereocenters. The number of hydrogen-bond acceptors (Lipinski definition) is 3. The van der Waals surface area contributed by atoms with Crippen LogP contribution in [0, 0.1) is 5.82 Å². The van der Waals surface area contributed by atoms with E-state index >= 15 is 0 Å². The lowest BCUT2D eigenvalue weighted by Gasteiger charge is -2.34. The third-order valence-corrected chi connectivity index (χ3v) is 3.38. The molecule has 0 atom stereocenters. The summed E-state index contributed by atoms with van der Waals surface area (Å²) in [5.74, 6) is -0.227. The van der Waals surface area contributed by atoms with Crippen molar-refractivity contribution in [3.8, 4) is 0 Å². The quantitative estimate of drug-likeness (QED) is 0.874. The minimum Gasteiger partial charge on any atom is -0.381 e. The third-order valence-electron chi connectivity index (χ3n) is 3.38. The monoisotopic (exact) mass is 238 g/mol. The molecule has 1 saturated heterocycles. The number of ether oxygens (including phenoxy) is 1. The fourth-order valence-corrected chi connectivity index (χ4v) is 2.33. The Morgan fingerprint density at radius 3 is 2.76 bits per heavy atom. The van der Waals surface area contributed by atoms with Crippen molar-refractivity contribution >= 4 is 5.69 Å². The van der Waals surface area contributed by atoms with Crippen LogP contribution in [0.3, 0.4) is 0 Å². The van der Waals surface area contributed by atoms with Gasteiger partial charge in [0.15, 0.2) is 0 Å². The molecule has 4 heteroatoms. The highest BCUT2D eigenvalue weighted by molar-refractivity contribution is 5.54. The van der Waals surface area contributed by atoms with Gasteiger partial charge in [-0.25, -0.2) is 4.39 Å². The molecule has 0 amide bonds. The van der Waals surface area contributed by atoms with E-state index in [1.165, 1.54) is 12.1 Å². The number of anilines is 1. The highest BCUT2D eigenvalue weighted by Gasteiger charge is 2.20. The second kappa shape index (κ2) is 5.47. The zero-order valence-corrected chi connectivity index (χ0v) is 10.2. The van der Waals surface area contributed by atoms with Crippen LogP contribution in [0.5, 0.6) is 0 Å². The summed E-state index contributed by atoms with van der Waals surface area (Å²) < 4.78 is 18.5. The van der Waals surface area contributed by atoms with Gasteiger partial charge in [0.2, 0.25) is 0 Å². The van der Waals surface area contributed by atoms with Gasteiger partial charge in [-0.15, -0.1) is 0 Å². The maximum absolute atomic E-state index is 13.1. The third kappa shape index (κ3) is 2.76. The lowest BCUT2D eigenvalue weighted by molar-refractivity contribution is 0.0854. The summed E-state index contributed by atoms with van der Waals surface area (Å²) in [6, 6.07) is 5.28. The van der Waals surface area contributed by atoms with Crippen LogP contribution in [0.2, 0.25) is 0 Å². The van der Waals surface area contributed by atoms with E-state index in [1.54, 1.807) is 0 Å². The minimum absolute atomic E-state index is 0.227. The molecule has 2 N–H and O–H groups in total. The molecule has 17 heavy (non-hydrogen) atoms. The molecule has 1 fully saturated rings. The summed E-state index contributed by atoms with van der Waals surface area (Å²) in [6.07, 6.45) is 2.02. The van der Waals surface area contributed by atoms with Gasteiger partial charge >= 0.3 is 0 Å². The maximum Gasteiger partial charge on any atom is 0.123 e. The first kappa shape index (κ1) is 12.3. The predicted molar refractivity (Wildman–Crippen MR) is 66.5 cm³/mol. The molecular formula is C13H19FN2O. The number of nitrogens with two attached hydrogens (primary N) is 1. The van der Waals surface area contributed by atoms with Crippen LogP contribution in [-0.4, -0.2) is 26.3 Å². The molecule has 1 aromatic rings. The standard InChI is InChI=1S/C13H19FN2O/c1-16(12-4-6-17-7-5-12)13-3-2-11(14)8-10(13)9-15/h2-3,8,12H,4-7,9,15H2,1H3. The topological polar surface area (TPSA) is 38.5 Å². The summed E-state index contributed by atoms with van der Waals surface area (Å²) >= 11 is 0. The summed E-state index contributed by atoms with van der Waals surface area (Å²) in [5.41, 5.74) is 7.56. The number of nitrogens with zero attached hydrogens (tertiary/aromatic N) is 1. The number of benzene rings is 1. The van der Waals surface area contributed by atoms with E-state index in [0.29, 0.717) is 12.6 Å². The van der Waals surface area contributed by atoms with Crippen molar-refractivity contribution in [2.45, 2.75) is 25.4 Å². The Hall–Kier alpha value is -1.13. The highest BCUT2D eigenvalue weighted by atomic mass is 19.1. The summed E-state index contributed by atoms with van der Waals surface area (Å²) in [5, 5.41) is 0. The average Bonchev–Trinajstić information content (AvgIpc) is 2.39. The van der Waals surface area contributed by atoms with E-state index in [0.717, 1.165) is 37.3 Å². The fraction of sp³-hybridized carbons (Fsp3) is 0.538. The van der Waals surface area contributed by atoms with Crippen LogP contribution in [0.4, 0.5) is 10.1 Å². The number of halogens is 1. The highest BCUT2D eigenvalue weighted by Crippen LogP contribution is 2.25. The largest absolute Gasteiger partial charge is 0.381 e. The first-order valence-corrected chi connectivity index (χ1v) is 6.01. The Bertz CT molecular complexity index is 378. The molecule has 2 rings (SSSR count). The second-order valence-electron chi connectivity index (χ2n) is 4.43. The lowest BCUT2D eigenvalue weighted by Crippen LogP contribution is -2.37. The Labute approximate surface area is 101 Å². The summed E-state index contributed by atoms with van der Waals surface area (Å²) in [7, 11) is 2.04. The Balaban J connectivity index is 2.19. The van der Waals surface area contributed by atoms with Crippen molar-refractivity contribution in [2.24, 2.45) is 5.73 Å². The molecule has 0 radical (unpaired) electrons. The van der Waals surface area contributed by atoms with Crippen molar-refractivity contribution < 1.29 is 9.13 Å². The summed E-state index contributed by atoms with van der Waals surface area (Å²) in [4.78, 5) is 2.20. The van der Waals surface area contributed by atoms with E-state index in [2.05, 4.69) is 4.90 Å². The zero-order chi connectivity index (χ0) is 12.3. The second-order valence-corrected chi connectivity index (χ2v) is 4.43. The van der Waals surface area contributed by atoms with E-state index in [-0.39, 0.29) is 5.82 Å². The molecule has 1 aliphatic rings. The number of rotatable bonds is 3. The maximum atomic E-state index is 13.1. The molecule has 1 aromatic carbocycles. The fourth-order valence-electron chi connectivity index (χ4n) is 2.33. The minimum atomic E-state index is -0.227. The number of hydrogen-bond donors (Lipinski definition) is 1. The van der Waals surface area contributed by atoms with Gasteiger partial charge in [0.1, 0.15) is 5.82 Å². The smallest absolute Gasteiger partial charge is 0.123 e. The molecule has 0 spiro atoms. The average molecular weight is 238 g/mol. The van der Waals surface area contributed by atoms with Crippen LogP contribution in [0.25, 0.3) is 0 Å². The van der Waals surface area contributed by atoms with Gasteiger partial charge in [0.05, 0.1) is 0 Å². The zero-order valence-electron chi connectivity index (χ0n) is 10.2. The van der Waals surface area contributed by atoms with Crippen molar-refractivity contribution in [3.05, 3.63) is 29.6 Å². The lowest BCUT2D eigenvalue weighted by atomic mass is 10.0. The first-order chi connectivity index (χ1) is 8.22. The van der Waals surface area contributed by atoms with Crippen molar-refractivity contribution in [3.63, 3.8) is 0 Å². The van der Waals surface area contributed by atoms with Gasteiger partial charge in [-0.2, -0.15) is 0 Å². The van der Waals surface area contributed by atoms with Crippen molar-refractivity contribution in [1.29, 1.82) is 0 Å². The normalized spacial score (nSPS) is 17.1. The van der Waals surface area contributed by atoms with Crippen LogP contribution in [0.15, 0.2) is 18.2 Å². The molecule has 94 valence electrons. The molecule has 3 nitrogen and oxygen atoms in total. The Morgan fingerprint density at radius 2 is 2.12 bits per heavy atom. The van der Waals surface area contributed by atoms with E-state index < -0.39 is 0 Å². The van der Waals surface area contributed by atoms with Gasteiger partial charge < -0.3 is 15.4 Å². The van der Waals surface area contributed by atoms with Gasteiger partial charge in [0, 0.05) is 38.5 Å². The Morgan fingerprint density at radius 1 is 1.41 bits per heavy atom. The van der Waals surface area contributed by atoms with Crippen molar-refractivity contribution in [2.75, 3.05) is 25.2 Å². The molecular weight excluding hydrogens is 219 g/mol. The molecule has 0 aliphatic carbocycles. The van der Waals surface area contributed by atoms with E-state index in [9.17, 15) is 4.39 Å². The van der Waals surface area contributed by atoms with E-state index in [1.807, 2.05) is 13.1 Å². The molecule has 1 aliphatic heterocycles. The van der Waals surface area contributed by atoms with E-state index in [4.69, 9.17) is 10.5 Å². The molecule has 0 bridgehead atoms. The Kier molecular flexibility index (Phi) is 3.97. The van der Waals surface area contributed by atoms with Gasteiger partial charge in [-0.05, 0) is 36.6 Å². The van der Waals surface area contributed by atoms with Crippen LogP contribution >= 0.6 is 0 Å². The van der Waals surface area contributed by atoms with Gasteiger partial charge in [-0.1, -0.05) is 0 Å². The molecule has 0 aromatic heterocycles. The van der Waals surface area contributed by atoms with Crippen LogP contribution < -0.4 is 10.6 Å². The first-order valence-electron chi connectivity index (χ1n) is 6.01. The van der Waals surface area contributed by atoms with Crippen LogP contribution in [0.1, 0.15) is 18.4 Å². The SMILES string of the molecule is CN(c1ccc(F)cc1CN)C1CCOCC1. The predicted octanol–water partition coefficient (Wildman–Crippen LogP) is 1.90. The van der Waals surface area contributed by atoms with Crippen LogP contribution in [-0.2, 0) is 11.3 Å². The molecule has 1 heterocycles. The van der Waals surface area contributed by atoms with Gasteiger partial charge in [-0.3, -0.25) is 0 Å².